The van der Waals surface area contributed by atoms with Gasteiger partial charge in [-0.15, -0.1) is 5.10 Å². The van der Waals surface area contributed by atoms with Crippen LogP contribution in [0.15, 0.2) is 54.9 Å². The van der Waals surface area contributed by atoms with Crippen molar-refractivity contribution in [2.75, 3.05) is 7.05 Å². The lowest BCUT2D eigenvalue weighted by Crippen LogP contribution is -2.27. The third kappa shape index (κ3) is 3.37. The smallest absolute Gasteiger partial charge is 0.256 e. The summed E-state index contributed by atoms with van der Waals surface area (Å²) < 4.78 is 1.48. The Hall–Kier alpha value is -2.73. The average Bonchev–Trinajstić information content (AvgIpc) is 3.10. The molecule has 0 saturated heterocycles. The minimum Gasteiger partial charge on any atom is -0.337 e. The average molecular weight is 328 g/mol. The zero-order chi connectivity index (χ0) is 16.2. The molecular weight excluding hydrogens is 314 g/mol. The van der Waals surface area contributed by atoms with Crippen LogP contribution >= 0.6 is 11.6 Å². The van der Waals surface area contributed by atoms with Crippen LogP contribution in [0.4, 0.5) is 0 Å². The number of benzene rings is 2. The van der Waals surface area contributed by atoms with Crippen LogP contribution in [0.5, 0.6) is 0 Å². The van der Waals surface area contributed by atoms with E-state index in [9.17, 15) is 4.79 Å². The summed E-state index contributed by atoms with van der Waals surface area (Å²) >= 11 is 5.88. The molecule has 0 aliphatic rings. The van der Waals surface area contributed by atoms with Gasteiger partial charge in [-0.3, -0.25) is 4.79 Å². The maximum atomic E-state index is 12.7. The zero-order valence-corrected chi connectivity index (χ0v) is 13.2. The molecule has 0 spiro atoms. The molecule has 0 saturated carbocycles. The van der Waals surface area contributed by atoms with E-state index in [1.165, 1.54) is 11.0 Å². The first kappa shape index (κ1) is 15.2. The standard InChI is InChI=1S/C16H14ClN5O/c1-21(10-12-6-8-13(17)9-7-12)16(23)14-4-2-3-5-15(14)22-11-18-19-20-22/h2-9,11H,10H2,1H3. The summed E-state index contributed by atoms with van der Waals surface area (Å²) in [5, 5.41) is 11.8. The van der Waals surface area contributed by atoms with E-state index in [1.54, 1.807) is 24.1 Å². The Bertz CT molecular complexity index is 802. The second-order valence-corrected chi connectivity index (χ2v) is 5.50. The zero-order valence-electron chi connectivity index (χ0n) is 12.4. The number of halogens is 1. The first-order valence-corrected chi connectivity index (χ1v) is 7.35. The minimum absolute atomic E-state index is 0.106. The Morgan fingerprint density at radius 3 is 2.61 bits per heavy atom. The molecule has 1 heterocycles. The lowest BCUT2D eigenvalue weighted by atomic mass is 10.1. The Balaban J connectivity index is 1.84. The van der Waals surface area contributed by atoms with Crippen molar-refractivity contribution in [3.63, 3.8) is 0 Å². The number of para-hydroxylation sites is 1. The van der Waals surface area contributed by atoms with Gasteiger partial charge in [0.2, 0.25) is 0 Å². The largest absolute Gasteiger partial charge is 0.337 e. The monoisotopic (exact) mass is 327 g/mol. The second-order valence-electron chi connectivity index (χ2n) is 5.06. The van der Waals surface area contributed by atoms with Gasteiger partial charge in [-0.2, -0.15) is 4.68 Å². The number of carbonyl (C=O) groups is 1. The van der Waals surface area contributed by atoms with Gasteiger partial charge < -0.3 is 4.90 Å². The predicted molar refractivity (Wildman–Crippen MR) is 86.4 cm³/mol. The molecule has 0 radical (unpaired) electrons. The normalized spacial score (nSPS) is 10.5. The van der Waals surface area contributed by atoms with Gasteiger partial charge in [-0.1, -0.05) is 35.9 Å². The lowest BCUT2D eigenvalue weighted by molar-refractivity contribution is 0.0785. The van der Waals surface area contributed by atoms with Crippen LogP contribution < -0.4 is 0 Å². The topological polar surface area (TPSA) is 63.9 Å². The van der Waals surface area contributed by atoms with Crippen LogP contribution in [-0.4, -0.2) is 38.1 Å². The van der Waals surface area contributed by atoms with Crippen molar-refractivity contribution in [2.24, 2.45) is 0 Å². The third-order valence-electron chi connectivity index (χ3n) is 3.41. The molecule has 6 nitrogen and oxygen atoms in total. The number of nitrogens with zero attached hydrogens (tertiary/aromatic N) is 5. The number of aromatic nitrogens is 4. The fraction of sp³-hybridized carbons (Fsp3) is 0.125. The Morgan fingerprint density at radius 2 is 1.91 bits per heavy atom. The van der Waals surface area contributed by atoms with Gasteiger partial charge in [-0.25, -0.2) is 0 Å². The van der Waals surface area contributed by atoms with Crippen molar-refractivity contribution in [2.45, 2.75) is 6.54 Å². The number of hydrogen-bond donors (Lipinski definition) is 0. The highest BCUT2D eigenvalue weighted by Crippen LogP contribution is 2.17. The van der Waals surface area contributed by atoms with E-state index in [4.69, 9.17) is 11.6 Å². The van der Waals surface area contributed by atoms with E-state index < -0.39 is 0 Å². The molecule has 0 unspecified atom stereocenters. The first-order valence-electron chi connectivity index (χ1n) is 6.97. The Morgan fingerprint density at radius 1 is 1.17 bits per heavy atom. The molecule has 0 aliphatic heterocycles. The summed E-state index contributed by atoms with van der Waals surface area (Å²) in [6.07, 6.45) is 1.46. The molecular formula is C16H14ClN5O. The maximum absolute atomic E-state index is 12.7. The molecule has 0 N–H and O–H groups in total. The van der Waals surface area contributed by atoms with Crippen molar-refractivity contribution in [1.82, 2.24) is 25.1 Å². The number of amides is 1. The van der Waals surface area contributed by atoms with Crippen molar-refractivity contribution in [3.05, 3.63) is 71.0 Å². The first-order chi connectivity index (χ1) is 11.1. The molecule has 7 heteroatoms. The lowest BCUT2D eigenvalue weighted by Gasteiger charge is -2.19. The van der Waals surface area contributed by atoms with E-state index >= 15 is 0 Å². The fourth-order valence-electron chi connectivity index (χ4n) is 2.27. The summed E-state index contributed by atoms with van der Waals surface area (Å²) in [6.45, 7) is 0.486. The van der Waals surface area contributed by atoms with E-state index in [0.717, 1.165) is 5.56 Å². The molecule has 0 atom stereocenters. The molecule has 2 aromatic carbocycles. The summed E-state index contributed by atoms with van der Waals surface area (Å²) in [5.41, 5.74) is 2.19. The van der Waals surface area contributed by atoms with E-state index in [2.05, 4.69) is 15.5 Å². The Labute approximate surface area is 138 Å². The fourth-order valence-corrected chi connectivity index (χ4v) is 2.39. The quantitative estimate of drug-likeness (QED) is 0.739. The summed E-state index contributed by atoms with van der Waals surface area (Å²) in [4.78, 5) is 14.4. The molecule has 1 amide bonds. The molecule has 23 heavy (non-hydrogen) atoms. The van der Waals surface area contributed by atoms with Crippen molar-refractivity contribution < 1.29 is 4.79 Å². The van der Waals surface area contributed by atoms with Crippen LogP contribution in [0, 0.1) is 0 Å². The van der Waals surface area contributed by atoms with Gasteiger partial charge >= 0.3 is 0 Å². The summed E-state index contributed by atoms with van der Waals surface area (Å²) in [6, 6.07) is 14.6. The molecule has 3 rings (SSSR count). The van der Waals surface area contributed by atoms with Gasteiger partial charge in [0.25, 0.3) is 5.91 Å². The SMILES string of the molecule is CN(Cc1ccc(Cl)cc1)C(=O)c1ccccc1-n1cnnn1. The van der Waals surface area contributed by atoms with E-state index in [1.807, 2.05) is 36.4 Å². The highest BCUT2D eigenvalue weighted by molar-refractivity contribution is 6.30. The van der Waals surface area contributed by atoms with Crippen LogP contribution in [-0.2, 0) is 6.54 Å². The molecule has 1 aromatic heterocycles. The van der Waals surface area contributed by atoms with E-state index in [0.29, 0.717) is 22.8 Å². The van der Waals surface area contributed by atoms with Crippen LogP contribution in [0.1, 0.15) is 15.9 Å². The van der Waals surface area contributed by atoms with Gasteiger partial charge in [0.1, 0.15) is 6.33 Å². The summed E-state index contributed by atoms with van der Waals surface area (Å²) in [7, 11) is 1.76. The minimum atomic E-state index is -0.106. The second kappa shape index (κ2) is 6.58. The van der Waals surface area contributed by atoms with Crippen molar-refractivity contribution in [1.29, 1.82) is 0 Å². The molecule has 116 valence electrons. The Kier molecular flexibility index (Phi) is 4.34. The predicted octanol–water partition coefficient (Wildman–Crippen LogP) is 2.59. The third-order valence-corrected chi connectivity index (χ3v) is 3.66. The number of hydrogen-bond acceptors (Lipinski definition) is 4. The highest BCUT2D eigenvalue weighted by Gasteiger charge is 2.17. The molecule has 0 bridgehead atoms. The van der Waals surface area contributed by atoms with Gasteiger partial charge in [0.05, 0.1) is 11.3 Å². The molecule has 0 aliphatic carbocycles. The van der Waals surface area contributed by atoms with Crippen LogP contribution in [0.25, 0.3) is 5.69 Å². The van der Waals surface area contributed by atoms with Crippen LogP contribution in [0.2, 0.25) is 5.02 Å². The number of tetrazole rings is 1. The van der Waals surface area contributed by atoms with Crippen molar-refractivity contribution >= 4 is 17.5 Å². The number of rotatable bonds is 4. The maximum Gasteiger partial charge on any atom is 0.256 e. The summed E-state index contributed by atoms with van der Waals surface area (Å²) in [5.74, 6) is -0.106. The van der Waals surface area contributed by atoms with Gasteiger partial charge in [0.15, 0.2) is 0 Å². The van der Waals surface area contributed by atoms with Gasteiger partial charge in [-0.05, 0) is 40.3 Å². The van der Waals surface area contributed by atoms with Crippen molar-refractivity contribution in [3.8, 4) is 5.69 Å². The van der Waals surface area contributed by atoms with Gasteiger partial charge in [0, 0.05) is 18.6 Å². The highest BCUT2D eigenvalue weighted by atomic mass is 35.5. The molecule has 3 aromatic rings. The van der Waals surface area contributed by atoms with E-state index in [-0.39, 0.29) is 5.91 Å². The van der Waals surface area contributed by atoms with Crippen LogP contribution in [0.3, 0.4) is 0 Å². The number of carbonyl (C=O) groups excluding carboxylic acids is 1. The molecule has 0 fully saturated rings.